The van der Waals surface area contributed by atoms with Crippen molar-refractivity contribution < 1.29 is 0 Å². The Morgan fingerprint density at radius 2 is 1.73 bits per heavy atom. The number of aryl methyl sites for hydroxylation is 1. The van der Waals surface area contributed by atoms with Gasteiger partial charge in [0.25, 0.3) is 5.56 Å². The molecule has 7 heteroatoms. The van der Waals surface area contributed by atoms with E-state index in [-0.39, 0.29) is 5.56 Å². The van der Waals surface area contributed by atoms with Crippen molar-refractivity contribution in [2.45, 2.75) is 19.9 Å². The first-order valence-electron chi connectivity index (χ1n) is 10.6. The van der Waals surface area contributed by atoms with Gasteiger partial charge in [-0.2, -0.15) is 9.78 Å². The maximum Gasteiger partial charge on any atom is 0.282 e. The second-order valence-corrected chi connectivity index (χ2v) is 9.59. The third kappa shape index (κ3) is 4.30. The second-order valence-electron chi connectivity index (χ2n) is 7.76. The van der Waals surface area contributed by atoms with Crippen LogP contribution in [0.5, 0.6) is 0 Å². The first-order valence-corrected chi connectivity index (χ1v) is 12.2. The lowest BCUT2D eigenvalue weighted by molar-refractivity contribution is 0.734. The van der Waals surface area contributed by atoms with Gasteiger partial charge in [0, 0.05) is 44.6 Å². The Bertz CT molecular complexity index is 1570. The highest BCUT2D eigenvalue weighted by Gasteiger charge is 2.11. The number of benzene rings is 3. The highest BCUT2D eigenvalue weighted by Crippen LogP contribution is 2.22. The van der Waals surface area contributed by atoms with E-state index in [4.69, 9.17) is 0 Å². The number of halogens is 2. The molecular formula is C26H20Br2N4O. The maximum absolute atomic E-state index is 13.2. The van der Waals surface area contributed by atoms with Crippen LogP contribution in [-0.2, 0) is 13.0 Å². The molecule has 0 aliphatic heterocycles. The van der Waals surface area contributed by atoms with Gasteiger partial charge in [-0.3, -0.25) is 4.79 Å². The number of hydrogen-bond donors (Lipinski definition) is 0. The number of fused-ring (bicyclic) bond motifs is 2. The molecule has 0 N–H and O–H groups in total. The average molecular weight is 564 g/mol. The zero-order chi connectivity index (χ0) is 22.9. The van der Waals surface area contributed by atoms with Crippen molar-refractivity contribution in [2.24, 2.45) is 5.10 Å². The molecule has 2 heterocycles. The minimum Gasteiger partial charge on any atom is -0.342 e. The van der Waals surface area contributed by atoms with Crippen LogP contribution in [0.4, 0.5) is 0 Å². The average Bonchev–Trinajstić information content (AvgIpc) is 3.17. The second kappa shape index (κ2) is 9.08. The van der Waals surface area contributed by atoms with Gasteiger partial charge in [-0.15, -0.1) is 0 Å². The molecule has 0 aliphatic rings. The normalized spacial score (nSPS) is 11.7. The number of para-hydroxylation sites is 1. The van der Waals surface area contributed by atoms with Crippen molar-refractivity contribution in [1.29, 1.82) is 0 Å². The van der Waals surface area contributed by atoms with Crippen LogP contribution in [0.1, 0.15) is 23.9 Å². The molecule has 0 aliphatic carbocycles. The molecule has 0 atom stereocenters. The summed E-state index contributed by atoms with van der Waals surface area (Å²) in [6.07, 6.45) is 4.44. The minimum atomic E-state index is -0.173. The molecule has 0 spiro atoms. The molecule has 5 aromatic rings. The quantitative estimate of drug-likeness (QED) is 0.233. The summed E-state index contributed by atoms with van der Waals surface area (Å²) in [5.41, 5.74) is 3.78. The van der Waals surface area contributed by atoms with Crippen molar-refractivity contribution in [1.82, 2.24) is 14.2 Å². The summed E-state index contributed by atoms with van der Waals surface area (Å²) in [6.45, 7) is 2.72. The fourth-order valence-corrected chi connectivity index (χ4v) is 4.58. The van der Waals surface area contributed by atoms with Crippen LogP contribution in [0.3, 0.4) is 0 Å². The molecular weight excluding hydrogens is 544 g/mol. The molecule has 164 valence electrons. The van der Waals surface area contributed by atoms with E-state index < -0.39 is 0 Å². The Kier molecular flexibility index (Phi) is 6.00. The third-order valence-electron chi connectivity index (χ3n) is 5.59. The van der Waals surface area contributed by atoms with Crippen LogP contribution in [-0.4, -0.2) is 20.4 Å². The van der Waals surface area contributed by atoms with Crippen LogP contribution >= 0.6 is 31.9 Å². The highest BCUT2D eigenvalue weighted by molar-refractivity contribution is 9.10. The van der Waals surface area contributed by atoms with E-state index in [2.05, 4.69) is 77.0 Å². The Morgan fingerprint density at radius 3 is 2.52 bits per heavy atom. The van der Waals surface area contributed by atoms with E-state index in [1.54, 1.807) is 12.3 Å². The van der Waals surface area contributed by atoms with E-state index in [0.29, 0.717) is 23.1 Å². The smallest absolute Gasteiger partial charge is 0.282 e. The number of hydrogen-bond acceptors (Lipinski definition) is 3. The van der Waals surface area contributed by atoms with Gasteiger partial charge in [0.2, 0.25) is 0 Å². The monoisotopic (exact) mass is 562 g/mol. The van der Waals surface area contributed by atoms with Gasteiger partial charge in [-0.05, 0) is 42.0 Å². The van der Waals surface area contributed by atoms with Crippen molar-refractivity contribution in [3.8, 4) is 0 Å². The Balaban J connectivity index is 1.59. The van der Waals surface area contributed by atoms with E-state index in [9.17, 15) is 4.79 Å². The fraction of sp³-hybridized carbons (Fsp3) is 0.115. The molecule has 0 amide bonds. The zero-order valence-electron chi connectivity index (χ0n) is 17.9. The van der Waals surface area contributed by atoms with Gasteiger partial charge >= 0.3 is 0 Å². The van der Waals surface area contributed by atoms with Gasteiger partial charge < -0.3 is 4.57 Å². The summed E-state index contributed by atoms with van der Waals surface area (Å²) >= 11 is 6.94. The predicted octanol–water partition coefficient (Wildman–Crippen LogP) is 6.37. The van der Waals surface area contributed by atoms with E-state index >= 15 is 0 Å². The lowest BCUT2D eigenvalue weighted by Crippen LogP contribution is -2.22. The lowest BCUT2D eigenvalue weighted by Gasteiger charge is -2.07. The Morgan fingerprint density at radius 1 is 0.970 bits per heavy atom. The lowest BCUT2D eigenvalue weighted by atomic mass is 10.2. The van der Waals surface area contributed by atoms with Crippen LogP contribution in [0.2, 0.25) is 0 Å². The van der Waals surface area contributed by atoms with Crippen LogP contribution in [0, 0.1) is 0 Å². The summed E-state index contributed by atoms with van der Waals surface area (Å²) < 4.78 is 5.52. The minimum absolute atomic E-state index is 0.173. The van der Waals surface area contributed by atoms with Gasteiger partial charge in [0.05, 0.1) is 17.1 Å². The molecule has 3 aromatic carbocycles. The molecule has 5 rings (SSSR count). The van der Waals surface area contributed by atoms with Crippen molar-refractivity contribution in [2.75, 3.05) is 0 Å². The fourth-order valence-electron chi connectivity index (χ4n) is 3.96. The highest BCUT2D eigenvalue weighted by atomic mass is 79.9. The van der Waals surface area contributed by atoms with Gasteiger partial charge in [0.1, 0.15) is 5.82 Å². The Labute approximate surface area is 207 Å². The van der Waals surface area contributed by atoms with Crippen molar-refractivity contribution >= 4 is 59.9 Å². The molecule has 0 bridgehead atoms. The molecule has 0 unspecified atom stereocenters. The van der Waals surface area contributed by atoms with E-state index in [1.165, 1.54) is 10.2 Å². The summed E-state index contributed by atoms with van der Waals surface area (Å²) in [4.78, 5) is 17.9. The van der Waals surface area contributed by atoms with Gasteiger partial charge in [0.15, 0.2) is 0 Å². The van der Waals surface area contributed by atoms with Gasteiger partial charge in [-0.1, -0.05) is 69.1 Å². The number of aromatic nitrogens is 3. The molecule has 0 fully saturated rings. The Hall–Kier alpha value is -3.03. The summed E-state index contributed by atoms with van der Waals surface area (Å²) in [5.74, 6) is 0.629. The third-order valence-corrected chi connectivity index (χ3v) is 6.61. The molecule has 5 nitrogen and oxygen atoms in total. The summed E-state index contributed by atoms with van der Waals surface area (Å²) in [7, 11) is 0. The molecule has 33 heavy (non-hydrogen) atoms. The van der Waals surface area contributed by atoms with Crippen molar-refractivity contribution in [3.63, 3.8) is 0 Å². The van der Waals surface area contributed by atoms with Gasteiger partial charge in [-0.25, -0.2) is 4.98 Å². The van der Waals surface area contributed by atoms with E-state index in [0.717, 1.165) is 32.0 Å². The molecule has 0 saturated heterocycles. The summed E-state index contributed by atoms with van der Waals surface area (Å²) in [5, 5.41) is 6.21. The zero-order valence-corrected chi connectivity index (χ0v) is 21.0. The molecule has 0 radical (unpaired) electrons. The predicted molar refractivity (Wildman–Crippen MR) is 141 cm³/mol. The van der Waals surface area contributed by atoms with Crippen molar-refractivity contribution in [3.05, 3.63) is 109 Å². The molecule has 0 saturated carbocycles. The topological polar surface area (TPSA) is 52.2 Å². The first kappa shape index (κ1) is 21.8. The number of nitrogens with zero attached hydrogens (tertiary/aromatic N) is 4. The maximum atomic E-state index is 13.2. The van der Waals surface area contributed by atoms with Crippen LogP contribution in [0.15, 0.2) is 91.8 Å². The molecule has 2 aromatic heterocycles. The largest absolute Gasteiger partial charge is 0.342 e. The van der Waals surface area contributed by atoms with Crippen LogP contribution < -0.4 is 5.56 Å². The SMILES string of the molecule is CCc1nc2ccc(Br)cc2c(=O)n1N=Cc1cn(Cc2ccc(Br)cc2)c2ccccc12. The number of rotatable bonds is 5. The summed E-state index contributed by atoms with van der Waals surface area (Å²) in [6, 6.07) is 22.1. The van der Waals surface area contributed by atoms with Crippen LogP contribution in [0.25, 0.3) is 21.8 Å². The van der Waals surface area contributed by atoms with E-state index in [1.807, 2.05) is 43.3 Å². The first-order chi connectivity index (χ1) is 16.0. The standard InChI is InChI=1S/C26H20Br2N4O/c1-2-25-30-23-12-11-20(28)13-22(23)26(33)32(25)29-14-18-16-31(24-6-4-3-5-21(18)24)15-17-7-9-19(27)10-8-17/h3-14,16H,2,15H2,1H3.